The van der Waals surface area contributed by atoms with Gasteiger partial charge in [0.2, 0.25) is 0 Å². The van der Waals surface area contributed by atoms with E-state index in [2.05, 4.69) is 13.0 Å². The fraction of sp³-hybridized carbons (Fsp3) is 0.875. The molecule has 0 aromatic carbocycles. The van der Waals surface area contributed by atoms with Crippen molar-refractivity contribution in [3.8, 4) is 0 Å². The van der Waals surface area contributed by atoms with Gasteiger partial charge in [0.05, 0.1) is 0 Å². The van der Waals surface area contributed by atoms with Crippen LogP contribution in [0.25, 0.3) is 0 Å². The Bertz CT molecular complexity index is 194. The number of rotatable bonds is 3. The van der Waals surface area contributed by atoms with Crippen molar-refractivity contribution in [3.63, 3.8) is 0 Å². The lowest BCUT2D eigenvalue weighted by Crippen LogP contribution is -2.18. The van der Waals surface area contributed by atoms with Crippen LogP contribution in [0.5, 0.6) is 0 Å². The van der Waals surface area contributed by atoms with Gasteiger partial charge in [-0.2, -0.15) is 0 Å². The van der Waals surface area contributed by atoms with Crippen molar-refractivity contribution >= 4 is 0 Å². The molecule has 0 radical (unpaired) electrons. The van der Waals surface area contributed by atoms with Gasteiger partial charge in [-0.1, -0.05) is 57.1 Å². The van der Waals surface area contributed by atoms with Crippen LogP contribution in [-0.4, -0.2) is 0 Å². The average Bonchev–Trinajstić information content (AvgIpc) is 2.38. The normalized spacial score (nSPS) is 24.3. The summed E-state index contributed by atoms with van der Waals surface area (Å²) in [7, 11) is 0. The van der Waals surface area contributed by atoms with Gasteiger partial charge in [-0.25, -0.2) is 0 Å². The molecule has 2 fully saturated rings. The molecule has 0 saturated heterocycles. The maximum absolute atomic E-state index is 2.59. The molecule has 0 amide bonds. The Kier molecular flexibility index (Phi) is 4.93. The molecule has 2 aliphatic carbocycles. The Balaban J connectivity index is 2.00. The van der Waals surface area contributed by atoms with Gasteiger partial charge in [-0.05, 0) is 43.9 Å². The number of allylic oxidation sites excluding steroid dienone is 2. The second-order valence-electron chi connectivity index (χ2n) is 5.78. The maximum Gasteiger partial charge on any atom is -0.0200 e. The molecule has 0 aliphatic heterocycles. The summed E-state index contributed by atoms with van der Waals surface area (Å²) in [5.41, 5.74) is 1.88. The summed E-state index contributed by atoms with van der Waals surface area (Å²) in [5.74, 6) is 1.94. The fourth-order valence-corrected chi connectivity index (χ4v) is 3.77. The number of hydrogen-bond donors (Lipinski definition) is 0. The molecule has 0 heteroatoms. The lowest BCUT2D eigenvalue weighted by Gasteiger charge is -2.32. The SMILES string of the molecule is CCC=C(C1CCCCC1)C1CCCCC1. The first-order valence-electron chi connectivity index (χ1n) is 7.61. The van der Waals surface area contributed by atoms with Crippen molar-refractivity contribution in [1.82, 2.24) is 0 Å². The highest BCUT2D eigenvalue weighted by atomic mass is 14.3. The summed E-state index contributed by atoms with van der Waals surface area (Å²) in [5, 5.41) is 0. The molecule has 0 nitrogen and oxygen atoms in total. The Labute approximate surface area is 102 Å². The zero-order chi connectivity index (χ0) is 11.2. The van der Waals surface area contributed by atoms with Crippen LogP contribution >= 0.6 is 0 Å². The average molecular weight is 220 g/mol. The molecule has 92 valence electrons. The molecule has 0 spiro atoms. The first-order valence-corrected chi connectivity index (χ1v) is 7.61. The van der Waals surface area contributed by atoms with Gasteiger partial charge in [-0.15, -0.1) is 0 Å². The second kappa shape index (κ2) is 6.47. The Morgan fingerprint density at radius 2 is 1.25 bits per heavy atom. The Hall–Kier alpha value is -0.260. The lowest BCUT2D eigenvalue weighted by molar-refractivity contribution is 0.325. The van der Waals surface area contributed by atoms with E-state index in [-0.39, 0.29) is 0 Å². The van der Waals surface area contributed by atoms with Gasteiger partial charge in [0.1, 0.15) is 0 Å². The van der Waals surface area contributed by atoms with E-state index in [0.29, 0.717) is 0 Å². The third-order valence-electron chi connectivity index (χ3n) is 4.59. The van der Waals surface area contributed by atoms with Gasteiger partial charge in [0.15, 0.2) is 0 Å². The minimum atomic E-state index is 0.969. The summed E-state index contributed by atoms with van der Waals surface area (Å²) >= 11 is 0. The van der Waals surface area contributed by atoms with E-state index in [1.165, 1.54) is 70.6 Å². The lowest BCUT2D eigenvalue weighted by atomic mass is 9.73. The second-order valence-corrected chi connectivity index (χ2v) is 5.78. The van der Waals surface area contributed by atoms with Gasteiger partial charge in [0.25, 0.3) is 0 Å². The summed E-state index contributed by atoms with van der Waals surface area (Å²) in [4.78, 5) is 0. The minimum Gasteiger partial charge on any atom is -0.0850 e. The smallest absolute Gasteiger partial charge is 0.0200 e. The minimum absolute atomic E-state index is 0.969. The monoisotopic (exact) mass is 220 g/mol. The highest BCUT2D eigenvalue weighted by Gasteiger charge is 2.25. The quantitative estimate of drug-likeness (QED) is 0.552. The molecular weight excluding hydrogens is 192 g/mol. The summed E-state index contributed by atoms with van der Waals surface area (Å²) in [6.07, 6.45) is 18.7. The fourth-order valence-electron chi connectivity index (χ4n) is 3.77. The summed E-state index contributed by atoms with van der Waals surface area (Å²) < 4.78 is 0. The van der Waals surface area contributed by atoms with Crippen molar-refractivity contribution < 1.29 is 0 Å². The van der Waals surface area contributed by atoms with Crippen LogP contribution in [0.15, 0.2) is 11.6 Å². The van der Waals surface area contributed by atoms with Crippen molar-refractivity contribution in [2.24, 2.45) is 11.8 Å². The highest BCUT2D eigenvalue weighted by molar-refractivity contribution is 5.12. The van der Waals surface area contributed by atoms with Crippen LogP contribution < -0.4 is 0 Å². The van der Waals surface area contributed by atoms with E-state index in [0.717, 1.165) is 11.8 Å². The van der Waals surface area contributed by atoms with Crippen molar-refractivity contribution in [2.75, 3.05) is 0 Å². The zero-order valence-corrected chi connectivity index (χ0v) is 11.0. The third-order valence-corrected chi connectivity index (χ3v) is 4.59. The van der Waals surface area contributed by atoms with Crippen LogP contribution in [-0.2, 0) is 0 Å². The molecular formula is C16H28. The van der Waals surface area contributed by atoms with E-state index in [9.17, 15) is 0 Å². The van der Waals surface area contributed by atoms with E-state index in [1.54, 1.807) is 0 Å². The van der Waals surface area contributed by atoms with E-state index >= 15 is 0 Å². The molecule has 16 heavy (non-hydrogen) atoms. The first kappa shape index (κ1) is 12.2. The van der Waals surface area contributed by atoms with Gasteiger partial charge < -0.3 is 0 Å². The van der Waals surface area contributed by atoms with Crippen molar-refractivity contribution in [3.05, 3.63) is 11.6 Å². The molecule has 2 saturated carbocycles. The third kappa shape index (κ3) is 3.12. The van der Waals surface area contributed by atoms with Crippen LogP contribution in [0.1, 0.15) is 77.6 Å². The molecule has 2 aliphatic rings. The largest absolute Gasteiger partial charge is 0.0850 e. The molecule has 0 aromatic heterocycles. The summed E-state index contributed by atoms with van der Waals surface area (Å²) in [6.45, 7) is 2.31. The molecule has 0 bridgehead atoms. The Morgan fingerprint density at radius 1 is 0.812 bits per heavy atom. The predicted octanol–water partition coefficient (Wildman–Crippen LogP) is 5.48. The molecule has 0 atom stereocenters. The first-order chi connectivity index (χ1) is 7.92. The van der Waals surface area contributed by atoms with Gasteiger partial charge in [0, 0.05) is 0 Å². The molecule has 0 aromatic rings. The van der Waals surface area contributed by atoms with Crippen molar-refractivity contribution in [2.45, 2.75) is 77.6 Å². The van der Waals surface area contributed by atoms with Crippen molar-refractivity contribution in [1.29, 1.82) is 0 Å². The van der Waals surface area contributed by atoms with Crippen LogP contribution in [0.2, 0.25) is 0 Å². The van der Waals surface area contributed by atoms with E-state index < -0.39 is 0 Å². The van der Waals surface area contributed by atoms with Crippen LogP contribution in [0.3, 0.4) is 0 Å². The molecule has 0 heterocycles. The van der Waals surface area contributed by atoms with Gasteiger partial charge in [-0.3, -0.25) is 0 Å². The summed E-state index contributed by atoms with van der Waals surface area (Å²) in [6, 6.07) is 0. The predicted molar refractivity (Wildman–Crippen MR) is 71.5 cm³/mol. The zero-order valence-electron chi connectivity index (χ0n) is 11.0. The number of hydrogen-bond acceptors (Lipinski definition) is 0. The van der Waals surface area contributed by atoms with Gasteiger partial charge >= 0.3 is 0 Å². The standard InChI is InChI=1S/C16H28/c1-2-9-16(14-10-5-3-6-11-14)15-12-7-4-8-13-15/h9,14-15H,2-8,10-13H2,1H3. The molecule has 2 rings (SSSR count). The van der Waals surface area contributed by atoms with E-state index in [1.807, 2.05) is 5.57 Å². The topological polar surface area (TPSA) is 0 Å². The Morgan fingerprint density at radius 3 is 1.62 bits per heavy atom. The van der Waals surface area contributed by atoms with Crippen LogP contribution in [0, 0.1) is 11.8 Å². The molecule has 0 unspecified atom stereocenters. The van der Waals surface area contributed by atoms with Crippen LogP contribution in [0.4, 0.5) is 0 Å². The highest BCUT2D eigenvalue weighted by Crippen LogP contribution is 2.39. The van der Waals surface area contributed by atoms with E-state index in [4.69, 9.17) is 0 Å². The maximum atomic E-state index is 2.59. The molecule has 0 N–H and O–H groups in total.